The molecule has 0 bridgehead atoms. The van der Waals surface area contributed by atoms with E-state index in [0.29, 0.717) is 11.3 Å². The monoisotopic (exact) mass is 216 g/mol. The maximum absolute atomic E-state index is 11.3. The third kappa shape index (κ3) is 1.48. The molecule has 0 aliphatic carbocycles. The summed E-state index contributed by atoms with van der Waals surface area (Å²) in [5, 5.41) is 11.3. The molecule has 0 radical (unpaired) electrons. The molecular formula is C12H12N2O2. The molecule has 1 atom stereocenters. The third-order valence-electron chi connectivity index (χ3n) is 2.82. The molecule has 4 nitrogen and oxygen atoms in total. The van der Waals surface area contributed by atoms with Crippen molar-refractivity contribution >= 4 is 0 Å². The average molecular weight is 216 g/mol. The van der Waals surface area contributed by atoms with Gasteiger partial charge in [-0.25, -0.2) is 0 Å². The predicted molar refractivity (Wildman–Crippen MR) is 60.7 cm³/mol. The Morgan fingerprint density at radius 1 is 1.19 bits per heavy atom. The smallest absolute Gasteiger partial charge is 0.283 e. The fourth-order valence-electron chi connectivity index (χ4n) is 1.76. The Morgan fingerprint density at radius 2 is 1.88 bits per heavy atom. The molecule has 0 aliphatic heterocycles. The summed E-state index contributed by atoms with van der Waals surface area (Å²) >= 11 is 0. The number of hydrogen-bond acceptors (Lipinski definition) is 2. The first-order valence-electron chi connectivity index (χ1n) is 4.99. The summed E-state index contributed by atoms with van der Waals surface area (Å²) in [5.41, 5.74) is 0.0382. The molecule has 16 heavy (non-hydrogen) atoms. The molecule has 4 heteroatoms. The zero-order chi connectivity index (χ0) is 11.6. The van der Waals surface area contributed by atoms with Crippen LogP contribution < -0.4 is 0 Å². The molecule has 1 unspecified atom stereocenters. The van der Waals surface area contributed by atoms with Crippen molar-refractivity contribution in [3.8, 4) is 0 Å². The SMILES string of the molecule is CC(c1ccccc1)(c1ccc[nH]1)[N+](=O)[O-]. The van der Waals surface area contributed by atoms with Crippen LogP contribution in [0.1, 0.15) is 18.2 Å². The summed E-state index contributed by atoms with van der Waals surface area (Å²) in [6.07, 6.45) is 1.69. The highest BCUT2D eigenvalue weighted by atomic mass is 16.6. The molecule has 2 aromatic rings. The summed E-state index contributed by atoms with van der Waals surface area (Å²) in [6.45, 7) is 1.61. The van der Waals surface area contributed by atoms with Gasteiger partial charge in [-0.1, -0.05) is 30.3 Å². The topological polar surface area (TPSA) is 58.9 Å². The molecule has 1 aromatic carbocycles. The Labute approximate surface area is 93.1 Å². The van der Waals surface area contributed by atoms with E-state index in [1.165, 1.54) is 0 Å². The Kier molecular flexibility index (Phi) is 2.48. The number of nitrogens with zero attached hydrogens (tertiary/aromatic N) is 1. The number of benzene rings is 1. The van der Waals surface area contributed by atoms with Gasteiger partial charge in [0.05, 0.1) is 5.69 Å². The lowest BCUT2D eigenvalue weighted by atomic mass is 9.89. The van der Waals surface area contributed by atoms with E-state index in [1.54, 1.807) is 49.5 Å². The minimum atomic E-state index is -1.22. The zero-order valence-corrected chi connectivity index (χ0v) is 8.88. The second-order valence-electron chi connectivity index (χ2n) is 3.78. The van der Waals surface area contributed by atoms with Crippen LogP contribution in [0.15, 0.2) is 48.7 Å². The Hall–Kier alpha value is -2.10. The van der Waals surface area contributed by atoms with Crippen molar-refractivity contribution in [2.45, 2.75) is 12.5 Å². The van der Waals surface area contributed by atoms with Gasteiger partial charge in [0.2, 0.25) is 0 Å². The van der Waals surface area contributed by atoms with Crippen molar-refractivity contribution in [3.63, 3.8) is 0 Å². The molecule has 1 heterocycles. The van der Waals surface area contributed by atoms with Crippen LogP contribution in [-0.2, 0) is 5.54 Å². The van der Waals surface area contributed by atoms with Crippen molar-refractivity contribution in [1.29, 1.82) is 0 Å². The summed E-state index contributed by atoms with van der Waals surface area (Å²) in [7, 11) is 0. The highest BCUT2D eigenvalue weighted by Gasteiger charge is 2.42. The zero-order valence-electron chi connectivity index (χ0n) is 8.88. The number of aromatic nitrogens is 1. The maximum Gasteiger partial charge on any atom is 0.283 e. The summed E-state index contributed by atoms with van der Waals surface area (Å²) in [5.74, 6) is 0. The first-order chi connectivity index (χ1) is 7.65. The lowest BCUT2D eigenvalue weighted by molar-refractivity contribution is -0.562. The van der Waals surface area contributed by atoms with E-state index < -0.39 is 5.54 Å². The van der Waals surface area contributed by atoms with Crippen LogP contribution in [0.5, 0.6) is 0 Å². The molecule has 0 saturated carbocycles. The molecule has 0 spiro atoms. The van der Waals surface area contributed by atoms with Crippen LogP contribution in [0.25, 0.3) is 0 Å². The third-order valence-corrected chi connectivity index (χ3v) is 2.82. The number of rotatable bonds is 3. The summed E-state index contributed by atoms with van der Waals surface area (Å²) < 4.78 is 0. The van der Waals surface area contributed by atoms with Gasteiger partial charge in [0.25, 0.3) is 5.54 Å². The Morgan fingerprint density at radius 3 is 2.38 bits per heavy atom. The second kappa shape index (κ2) is 3.81. The molecular weight excluding hydrogens is 204 g/mol. The molecule has 1 aromatic heterocycles. The fraction of sp³-hybridized carbons (Fsp3) is 0.167. The highest BCUT2D eigenvalue weighted by molar-refractivity contribution is 5.31. The number of nitrogens with one attached hydrogen (secondary N) is 1. The van der Waals surface area contributed by atoms with E-state index in [9.17, 15) is 10.1 Å². The van der Waals surface area contributed by atoms with Gasteiger partial charge in [-0.15, -0.1) is 0 Å². The normalized spacial score (nSPS) is 14.3. The Balaban J connectivity index is 2.58. The van der Waals surface area contributed by atoms with Crippen LogP contribution >= 0.6 is 0 Å². The van der Waals surface area contributed by atoms with Gasteiger partial charge in [-0.05, 0) is 12.1 Å². The van der Waals surface area contributed by atoms with Crippen molar-refractivity contribution in [3.05, 3.63) is 70.0 Å². The first kappa shape index (κ1) is 10.4. The van der Waals surface area contributed by atoms with Gasteiger partial charge in [0.1, 0.15) is 0 Å². The van der Waals surface area contributed by atoms with Crippen molar-refractivity contribution in [2.75, 3.05) is 0 Å². The second-order valence-corrected chi connectivity index (χ2v) is 3.78. The minimum Gasteiger partial charge on any atom is -0.359 e. The molecule has 0 saturated heterocycles. The van der Waals surface area contributed by atoms with Gasteiger partial charge >= 0.3 is 0 Å². The van der Waals surface area contributed by atoms with Gasteiger partial charge < -0.3 is 4.98 Å². The summed E-state index contributed by atoms with van der Waals surface area (Å²) in [4.78, 5) is 14.0. The van der Waals surface area contributed by atoms with Crippen molar-refractivity contribution < 1.29 is 4.92 Å². The van der Waals surface area contributed by atoms with Crippen LogP contribution in [-0.4, -0.2) is 9.91 Å². The molecule has 0 fully saturated rings. The van der Waals surface area contributed by atoms with Gasteiger partial charge in [0, 0.05) is 23.6 Å². The minimum absolute atomic E-state index is 0.270. The number of H-pyrrole nitrogens is 1. The van der Waals surface area contributed by atoms with E-state index in [4.69, 9.17) is 0 Å². The van der Waals surface area contributed by atoms with Gasteiger partial charge in [-0.3, -0.25) is 10.1 Å². The average Bonchev–Trinajstić information content (AvgIpc) is 2.82. The molecule has 0 aliphatic rings. The predicted octanol–water partition coefficient (Wildman–Crippen LogP) is 2.55. The molecule has 82 valence electrons. The van der Waals surface area contributed by atoms with E-state index in [0.717, 1.165) is 0 Å². The molecule has 2 rings (SSSR count). The molecule has 1 N–H and O–H groups in total. The Bertz CT molecular complexity index is 479. The largest absolute Gasteiger partial charge is 0.359 e. The fourth-order valence-corrected chi connectivity index (χ4v) is 1.76. The number of hydrogen-bond donors (Lipinski definition) is 1. The lowest BCUT2D eigenvalue weighted by Crippen LogP contribution is -2.33. The van der Waals surface area contributed by atoms with E-state index >= 15 is 0 Å². The number of aromatic amines is 1. The number of nitro groups is 1. The van der Waals surface area contributed by atoms with Crippen molar-refractivity contribution in [2.24, 2.45) is 0 Å². The standard InChI is InChI=1S/C12H12N2O2/c1-12(14(15)16,11-8-5-9-13-11)10-6-3-2-4-7-10/h2-9,13H,1H3. The maximum atomic E-state index is 11.3. The van der Waals surface area contributed by atoms with Crippen LogP contribution in [0.2, 0.25) is 0 Å². The van der Waals surface area contributed by atoms with Gasteiger partial charge in [-0.2, -0.15) is 0 Å². The van der Waals surface area contributed by atoms with E-state index in [2.05, 4.69) is 4.98 Å². The quantitative estimate of drug-likeness (QED) is 0.633. The van der Waals surface area contributed by atoms with Crippen LogP contribution in [0.4, 0.5) is 0 Å². The van der Waals surface area contributed by atoms with Gasteiger partial charge in [0.15, 0.2) is 0 Å². The summed E-state index contributed by atoms with van der Waals surface area (Å²) in [6, 6.07) is 12.5. The van der Waals surface area contributed by atoms with E-state index in [1.807, 2.05) is 6.07 Å². The highest BCUT2D eigenvalue weighted by Crippen LogP contribution is 2.30. The van der Waals surface area contributed by atoms with E-state index in [-0.39, 0.29) is 4.92 Å². The van der Waals surface area contributed by atoms with Crippen molar-refractivity contribution in [1.82, 2.24) is 4.98 Å². The lowest BCUT2D eigenvalue weighted by Gasteiger charge is -2.19. The van der Waals surface area contributed by atoms with Crippen LogP contribution in [0.3, 0.4) is 0 Å². The first-order valence-corrected chi connectivity index (χ1v) is 4.99. The molecule has 0 amide bonds. The van der Waals surface area contributed by atoms with Crippen LogP contribution in [0, 0.1) is 10.1 Å².